The van der Waals surface area contributed by atoms with Crippen molar-refractivity contribution in [1.82, 2.24) is 9.78 Å². The first kappa shape index (κ1) is 12.8. The molecule has 0 N–H and O–H groups in total. The van der Waals surface area contributed by atoms with E-state index < -0.39 is 0 Å². The van der Waals surface area contributed by atoms with Gasteiger partial charge in [-0.2, -0.15) is 5.10 Å². The first-order valence-electron chi connectivity index (χ1n) is 7.24. The van der Waals surface area contributed by atoms with Crippen molar-refractivity contribution in [3.63, 3.8) is 0 Å². The summed E-state index contributed by atoms with van der Waals surface area (Å²) in [6, 6.07) is 17.7. The van der Waals surface area contributed by atoms with Gasteiger partial charge in [-0.15, -0.1) is 0 Å². The molecule has 1 aromatic heterocycles. The van der Waals surface area contributed by atoms with Gasteiger partial charge in [0.25, 0.3) is 0 Å². The monoisotopic (exact) mass is 286 g/mol. The molecule has 0 aliphatic heterocycles. The van der Waals surface area contributed by atoms with Crippen molar-refractivity contribution in [2.45, 2.75) is 6.42 Å². The predicted molar refractivity (Wildman–Crippen MR) is 86.0 cm³/mol. The van der Waals surface area contributed by atoms with Crippen LogP contribution in [0.3, 0.4) is 0 Å². The molecule has 3 nitrogen and oxygen atoms in total. The van der Waals surface area contributed by atoms with Crippen LogP contribution in [0.25, 0.3) is 11.8 Å². The third-order valence-corrected chi connectivity index (χ3v) is 3.90. The molecular weight excluding hydrogens is 272 g/mol. The van der Waals surface area contributed by atoms with E-state index in [0.29, 0.717) is 6.42 Å². The maximum atomic E-state index is 12.4. The third-order valence-electron chi connectivity index (χ3n) is 3.90. The zero-order valence-electron chi connectivity index (χ0n) is 11.9. The molecule has 0 amide bonds. The number of para-hydroxylation sites is 1. The van der Waals surface area contributed by atoms with Gasteiger partial charge in [0.15, 0.2) is 5.78 Å². The summed E-state index contributed by atoms with van der Waals surface area (Å²) in [5.74, 6) is 0.128. The van der Waals surface area contributed by atoms with Crippen LogP contribution in [0, 0.1) is 0 Å². The Balaban J connectivity index is 1.65. The Morgan fingerprint density at radius 1 is 1.00 bits per heavy atom. The van der Waals surface area contributed by atoms with E-state index in [1.807, 2.05) is 71.6 Å². The highest BCUT2D eigenvalue weighted by Crippen LogP contribution is 2.27. The van der Waals surface area contributed by atoms with Gasteiger partial charge in [0.2, 0.25) is 0 Å². The molecule has 1 aliphatic carbocycles. The van der Waals surface area contributed by atoms with Crippen LogP contribution in [-0.4, -0.2) is 15.6 Å². The Morgan fingerprint density at radius 2 is 1.77 bits per heavy atom. The highest BCUT2D eigenvalue weighted by Gasteiger charge is 2.23. The fourth-order valence-electron chi connectivity index (χ4n) is 2.81. The maximum Gasteiger partial charge on any atom is 0.189 e. The predicted octanol–water partition coefficient (Wildman–Crippen LogP) is 3.69. The first-order valence-corrected chi connectivity index (χ1v) is 7.24. The number of nitrogens with zero attached hydrogens (tertiary/aromatic N) is 2. The van der Waals surface area contributed by atoms with Crippen molar-refractivity contribution in [3.05, 3.63) is 89.3 Å². The lowest BCUT2D eigenvalue weighted by Gasteiger charge is -1.98. The minimum absolute atomic E-state index is 0.128. The zero-order valence-corrected chi connectivity index (χ0v) is 11.9. The van der Waals surface area contributed by atoms with Crippen LogP contribution in [0.5, 0.6) is 0 Å². The molecule has 0 unspecified atom stereocenters. The molecule has 0 spiro atoms. The summed E-state index contributed by atoms with van der Waals surface area (Å²) in [5, 5.41) is 4.36. The lowest BCUT2D eigenvalue weighted by molar-refractivity contribution is 0.104. The Labute approximate surface area is 128 Å². The first-order chi connectivity index (χ1) is 10.8. The van der Waals surface area contributed by atoms with Gasteiger partial charge >= 0.3 is 0 Å². The lowest BCUT2D eigenvalue weighted by atomic mass is 10.1. The molecular formula is C19H14N2O. The van der Waals surface area contributed by atoms with Gasteiger partial charge in [0.1, 0.15) is 0 Å². The number of hydrogen-bond donors (Lipinski definition) is 0. The highest BCUT2D eigenvalue weighted by atomic mass is 16.1. The summed E-state index contributed by atoms with van der Waals surface area (Å²) < 4.78 is 1.82. The van der Waals surface area contributed by atoms with E-state index in [9.17, 15) is 4.79 Å². The highest BCUT2D eigenvalue weighted by molar-refractivity contribution is 6.15. The van der Waals surface area contributed by atoms with Crippen LogP contribution in [0.15, 0.2) is 72.6 Å². The van der Waals surface area contributed by atoms with E-state index >= 15 is 0 Å². The lowest BCUT2D eigenvalue weighted by Crippen LogP contribution is -1.94. The van der Waals surface area contributed by atoms with Gasteiger partial charge in [-0.3, -0.25) is 4.79 Å². The van der Waals surface area contributed by atoms with Crippen LogP contribution in [0.1, 0.15) is 21.5 Å². The van der Waals surface area contributed by atoms with Gasteiger partial charge in [0.05, 0.1) is 11.9 Å². The number of fused-ring (bicyclic) bond motifs is 1. The Bertz CT molecular complexity index is 875. The third kappa shape index (κ3) is 2.17. The summed E-state index contributed by atoms with van der Waals surface area (Å²) >= 11 is 0. The molecule has 0 fully saturated rings. The maximum absolute atomic E-state index is 12.4. The topological polar surface area (TPSA) is 34.9 Å². The number of Topliss-reactive ketones (excluding diaryl/α,β-unsaturated/α-hetero) is 1. The molecule has 1 heterocycles. The van der Waals surface area contributed by atoms with E-state index in [1.54, 1.807) is 6.20 Å². The van der Waals surface area contributed by atoms with Crippen molar-refractivity contribution >= 4 is 11.9 Å². The van der Waals surface area contributed by atoms with Crippen LogP contribution >= 0.6 is 0 Å². The molecule has 3 aromatic rings. The van der Waals surface area contributed by atoms with Crippen molar-refractivity contribution in [2.75, 3.05) is 0 Å². The molecule has 0 saturated heterocycles. The molecule has 22 heavy (non-hydrogen) atoms. The average Bonchev–Trinajstić information content (AvgIpc) is 3.15. The van der Waals surface area contributed by atoms with Crippen LogP contribution in [0.4, 0.5) is 0 Å². The number of aromatic nitrogens is 2. The Hall–Kier alpha value is -2.94. The number of carbonyl (C=O) groups excluding carboxylic acids is 1. The van der Waals surface area contributed by atoms with E-state index in [1.165, 1.54) is 0 Å². The summed E-state index contributed by atoms with van der Waals surface area (Å²) in [7, 11) is 0. The summed E-state index contributed by atoms with van der Waals surface area (Å²) in [5.41, 5.74) is 4.71. The van der Waals surface area contributed by atoms with Crippen molar-refractivity contribution in [2.24, 2.45) is 0 Å². The van der Waals surface area contributed by atoms with E-state index in [4.69, 9.17) is 0 Å². The molecule has 0 radical (unpaired) electrons. The second-order valence-electron chi connectivity index (χ2n) is 5.39. The Morgan fingerprint density at radius 3 is 2.59 bits per heavy atom. The Kier molecular flexibility index (Phi) is 2.97. The molecule has 2 aromatic carbocycles. The fourth-order valence-corrected chi connectivity index (χ4v) is 2.81. The number of carbonyl (C=O) groups is 1. The molecule has 0 saturated carbocycles. The second kappa shape index (κ2) is 5.11. The van der Waals surface area contributed by atoms with Gasteiger partial charge in [0, 0.05) is 29.3 Å². The van der Waals surface area contributed by atoms with Crippen molar-refractivity contribution < 1.29 is 4.79 Å². The number of rotatable bonds is 2. The zero-order chi connectivity index (χ0) is 14.9. The van der Waals surface area contributed by atoms with Crippen molar-refractivity contribution in [1.29, 1.82) is 0 Å². The summed E-state index contributed by atoms with van der Waals surface area (Å²) in [6.07, 6.45) is 6.37. The molecule has 106 valence electrons. The van der Waals surface area contributed by atoms with Gasteiger partial charge in [-0.05, 0) is 23.8 Å². The van der Waals surface area contributed by atoms with Crippen LogP contribution < -0.4 is 0 Å². The summed E-state index contributed by atoms with van der Waals surface area (Å²) in [6.45, 7) is 0. The average molecular weight is 286 g/mol. The molecule has 1 aliphatic rings. The van der Waals surface area contributed by atoms with E-state index in [-0.39, 0.29) is 5.78 Å². The smallest absolute Gasteiger partial charge is 0.189 e. The van der Waals surface area contributed by atoms with Gasteiger partial charge in [-0.25, -0.2) is 4.68 Å². The molecule has 0 bridgehead atoms. The molecule has 4 rings (SSSR count). The number of allylic oxidation sites excluding steroid dienone is 1. The van der Waals surface area contributed by atoms with Crippen molar-refractivity contribution in [3.8, 4) is 5.69 Å². The number of hydrogen-bond acceptors (Lipinski definition) is 2. The van der Waals surface area contributed by atoms with Gasteiger partial charge in [-0.1, -0.05) is 42.5 Å². The minimum Gasteiger partial charge on any atom is -0.289 e. The van der Waals surface area contributed by atoms with Gasteiger partial charge < -0.3 is 0 Å². The molecule has 3 heteroatoms. The molecule has 0 atom stereocenters. The second-order valence-corrected chi connectivity index (χ2v) is 5.39. The number of ketones is 1. The normalized spacial score (nSPS) is 15.3. The standard InChI is InChI=1S/C19H14N2O/c22-19-16(11-15-6-4-5-9-18(15)19)10-14-12-20-21(13-14)17-7-2-1-3-8-17/h1-10,12-13H,11H2/b16-10-. The van der Waals surface area contributed by atoms with Crippen LogP contribution in [-0.2, 0) is 6.42 Å². The number of benzene rings is 2. The minimum atomic E-state index is 0.128. The summed E-state index contributed by atoms with van der Waals surface area (Å²) in [4.78, 5) is 12.4. The fraction of sp³-hybridized carbons (Fsp3) is 0.0526. The van der Waals surface area contributed by atoms with E-state index in [0.717, 1.165) is 28.0 Å². The quantitative estimate of drug-likeness (QED) is 0.673. The van der Waals surface area contributed by atoms with Crippen LogP contribution in [0.2, 0.25) is 0 Å². The SMILES string of the molecule is O=C1/C(=C\c2cnn(-c3ccccc3)c2)Cc2ccccc21. The largest absolute Gasteiger partial charge is 0.289 e. The van der Waals surface area contributed by atoms with E-state index in [2.05, 4.69) is 5.10 Å².